The molecule has 3 aliphatic rings. The Labute approximate surface area is 321 Å². The van der Waals surface area contributed by atoms with E-state index in [0.717, 1.165) is 54.9 Å². The highest BCUT2D eigenvalue weighted by molar-refractivity contribution is 6.91. The van der Waals surface area contributed by atoms with Crippen LogP contribution in [-0.2, 0) is 32.9 Å². The van der Waals surface area contributed by atoms with Crippen LogP contribution in [0.2, 0.25) is 18.6 Å². The van der Waals surface area contributed by atoms with Crippen LogP contribution < -0.4 is 25.5 Å². The number of fused-ring (bicyclic) bond motifs is 2. The molecular weight excluding hydrogens is 697 g/mol. The molecule has 0 saturated carbocycles. The number of carbonyl (C=O) groups is 2. The first-order valence-corrected chi connectivity index (χ1v) is 22.6. The molecule has 4 heterocycles. The number of rotatable bonds is 15. The average molecular weight is 755 g/mol. The van der Waals surface area contributed by atoms with E-state index in [1.54, 1.807) is 7.11 Å². The van der Waals surface area contributed by atoms with Crippen LogP contribution in [0.15, 0.2) is 72.0 Å². The van der Waals surface area contributed by atoms with Gasteiger partial charge in [0.1, 0.15) is 5.75 Å². The van der Waals surface area contributed by atoms with E-state index in [0.29, 0.717) is 31.6 Å². The second-order valence-corrected chi connectivity index (χ2v) is 20.7. The summed E-state index contributed by atoms with van der Waals surface area (Å²) in [5, 5.41) is 25.7. The Morgan fingerprint density at radius 2 is 1.94 bits per heavy atom. The molecule has 12 heteroatoms. The molecule has 0 radical (unpaired) electrons. The van der Waals surface area contributed by atoms with Crippen LogP contribution >= 0.6 is 0 Å². The number of amides is 2. The van der Waals surface area contributed by atoms with E-state index in [2.05, 4.69) is 86.0 Å². The van der Waals surface area contributed by atoms with Gasteiger partial charge < -0.3 is 30.1 Å². The Bertz CT molecular complexity index is 1860. The van der Waals surface area contributed by atoms with Crippen molar-refractivity contribution >= 4 is 36.4 Å². The van der Waals surface area contributed by atoms with Gasteiger partial charge >= 0.3 is 0 Å². The summed E-state index contributed by atoms with van der Waals surface area (Å²) >= 11 is 0. The molecule has 3 aromatic rings. The van der Waals surface area contributed by atoms with Crippen LogP contribution in [0.5, 0.6) is 5.75 Å². The van der Waals surface area contributed by atoms with Crippen LogP contribution in [0.1, 0.15) is 71.1 Å². The molecule has 11 nitrogen and oxygen atoms in total. The maximum absolute atomic E-state index is 15.3. The maximum Gasteiger partial charge on any atom is 0.264 e. The lowest BCUT2D eigenvalue weighted by Gasteiger charge is -2.37. The van der Waals surface area contributed by atoms with E-state index >= 15 is 4.79 Å². The molecule has 0 bridgehead atoms. The predicted molar refractivity (Wildman–Crippen MR) is 216 cm³/mol. The Morgan fingerprint density at radius 1 is 1.17 bits per heavy atom. The van der Waals surface area contributed by atoms with Crippen LogP contribution in [0.3, 0.4) is 0 Å². The van der Waals surface area contributed by atoms with Gasteiger partial charge in [-0.3, -0.25) is 14.3 Å². The molecule has 6 rings (SSSR count). The van der Waals surface area contributed by atoms with E-state index in [9.17, 15) is 9.90 Å². The lowest BCUT2D eigenvalue weighted by molar-refractivity contribution is -0.145. The molecule has 2 saturated heterocycles. The zero-order valence-electron chi connectivity index (χ0n) is 33.0. The quantitative estimate of drug-likeness (QED) is 0.130. The molecule has 1 aromatic heterocycles. The lowest BCUT2D eigenvalue weighted by Crippen LogP contribution is -2.52. The summed E-state index contributed by atoms with van der Waals surface area (Å²) in [5.74, 6) is 0.500. The number of aliphatic hydroxyl groups is 1. The summed E-state index contributed by atoms with van der Waals surface area (Å²) in [4.78, 5) is 30.4. The largest absolute Gasteiger partial charge is 0.497 e. The summed E-state index contributed by atoms with van der Waals surface area (Å²) in [7, 11) is -0.687. The zero-order chi connectivity index (χ0) is 38.6. The fourth-order valence-electron chi connectivity index (χ4n) is 8.85. The highest BCUT2D eigenvalue weighted by atomic mass is 28.3. The topological polar surface area (TPSA) is 131 Å². The Hall–Kier alpha value is -4.10. The highest BCUT2D eigenvalue weighted by Gasteiger charge is 2.66. The van der Waals surface area contributed by atoms with E-state index in [1.807, 2.05) is 46.1 Å². The van der Waals surface area contributed by atoms with E-state index < -0.39 is 13.7 Å². The second kappa shape index (κ2) is 16.7. The molecule has 2 fully saturated rings. The van der Waals surface area contributed by atoms with Crippen molar-refractivity contribution in [3.05, 3.63) is 83.2 Å². The van der Waals surface area contributed by atoms with Crippen LogP contribution in [0.25, 0.3) is 0 Å². The number of aryl methyl sites for hydroxylation is 1. The van der Waals surface area contributed by atoms with E-state index in [-0.39, 0.29) is 42.0 Å². The highest BCUT2D eigenvalue weighted by Crippen LogP contribution is 2.60. The van der Waals surface area contributed by atoms with Gasteiger partial charge in [-0.2, -0.15) is 0 Å². The molecule has 54 heavy (non-hydrogen) atoms. The van der Waals surface area contributed by atoms with E-state index in [4.69, 9.17) is 9.47 Å². The second-order valence-electron chi connectivity index (χ2n) is 16.0. The number of hydrogen-bond acceptors (Lipinski definition) is 8. The van der Waals surface area contributed by atoms with E-state index in [1.165, 1.54) is 16.3 Å². The third kappa shape index (κ3) is 7.98. The van der Waals surface area contributed by atoms with Crippen molar-refractivity contribution in [1.29, 1.82) is 0 Å². The molecule has 2 amide bonds. The normalized spacial score (nSPS) is 24.0. The Kier molecular flexibility index (Phi) is 12.3. The van der Waals surface area contributed by atoms with Crippen molar-refractivity contribution < 1.29 is 24.2 Å². The molecule has 0 unspecified atom stereocenters. The summed E-state index contributed by atoms with van der Waals surface area (Å²) < 4.78 is 14.7. The smallest absolute Gasteiger partial charge is 0.264 e. The number of carbonyl (C=O) groups excluding carboxylic acids is 2. The minimum atomic E-state index is -2.36. The zero-order valence-corrected chi connectivity index (χ0v) is 34.0. The third-order valence-electron chi connectivity index (χ3n) is 11.8. The number of methoxy groups -OCH3 is 1. The SMILES string of the molecule is COc1ccc([Si](C)(C)[C@@H]2[C@@H](CCn3cc(CCO)nn3)O[C@]3(C(=O)N(C/C=C(\C)CCC=C(C)C)c4ccc(NC(=O)[C@H]5CCCN5)cc43)[C@H]2C)cc1. The van der Waals surface area contributed by atoms with Gasteiger partial charge in [0.15, 0.2) is 5.60 Å². The first-order valence-electron chi connectivity index (χ1n) is 19.5. The fourth-order valence-corrected chi connectivity index (χ4v) is 12.9. The number of aromatic nitrogens is 3. The van der Waals surface area contributed by atoms with Gasteiger partial charge in [0.25, 0.3) is 5.91 Å². The van der Waals surface area contributed by atoms with Crippen LogP contribution in [-0.4, -0.2) is 78.9 Å². The minimum Gasteiger partial charge on any atom is -0.497 e. The van der Waals surface area contributed by atoms with Gasteiger partial charge in [0, 0.05) is 49.5 Å². The summed E-state index contributed by atoms with van der Waals surface area (Å²) in [6.45, 7) is 15.1. The van der Waals surface area contributed by atoms with Gasteiger partial charge in [-0.05, 0) is 95.3 Å². The van der Waals surface area contributed by atoms with Crippen LogP contribution in [0, 0.1) is 5.92 Å². The summed E-state index contributed by atoms with van der Waals surface area (Å²) in [6.07, 6.45) is 10.7. The fraction of sp³-hybridized carbons (Fsp3) is 0.524. The molecule has 0 aliphatic carbocycles. The maximum atomic E-state index is 15.3. The predicted octanol–water partition coefficient (Wildman–Crippen LogP) is 5.86. The van der Waals surface area contributed by atoms with Crippen molar-refractivity contribution in [3.63, 3.8) is 0 Å². The van der Waals surface area contributed by atoms with Crippen molar-refractivity contribution in [3.8, 4) is 5.75 Å². The van der Waals surface area contributed by atoms with Gasteiger partial charge in [-0.25, -0.2) is 0 Å². The van der Waals surface area contributed by atoms with Crippen molar-refractivity contribution in [2.75, 3.05) is 37.0 Å². The van der Waals surface area contributed by atoms with Crippen molar-refractivity contribution in [1.82, 2.24) is 20.3 Å². The number of nitrogens with one attached hydrogen (secondary N) is 2. The standard InChI is InChI=1S/C42H58N6O5Si/c1-28(2)10-8-11-29(3)19-24-48-37-18-13-31(44-40(50)36-12-9-22-43-36)26-35(37)42(41(48)51)30(4)39(54(6,7)34-16-14-33(52-5)15-17-34)38(53-42)20-23-47-27-32(21-25-49)45-46-47/h10,13-19,26-27,30,36,38-39,43,49H,8-9,11-12,20-25H2,1-7H3,(H,44,50)/b29-19+/t30-,36+,38+,39-,42+/m0/s1. The van der Waals surface area contributed by atoms with Gasteiger partial charge in [0.05, 0.1) is 38.7 Å². The average Bonchev–Trinajstić information content (AvgIpc) is 3.94. The first kappa shape index (κ1) is 39.6. The van der Waals surface area contributed by atoms with Crippen molar-refractivity contribution in [2.24, 2.45) is 5.92 Å². The van der Waals surface area contributed by atoms with Crippen LogP contribution in [0.4, 0.5) is 11.4 Å². The molecule has 2 aromatic carbocycles. The molecule has 1 spiro atoms. The number of benzene rings is 2. The Balaban J connectivity index is 1.40. The Morgan fingerprint density at radius 3 is 2.63 bits per heavy atom. The lowest BCUT2D eigenvalue weighted by atomic mass is 9.82. The monoisotopic (exact) mass is 754 g/mol. The molecule has 3 N–H and O–H groups in total. The number of nitrogens with zero attached hydrogens (tertiary/aromatic N) is 4. The third-order valence-corrected chi connectivity index (χ3v) is 16.1. The number of allylic oxidation sites excluding steroid dienone is 3. The summed E-state index contributed by atoms with van der Waals surface area (Å²) in [6, 6.07) is 14.0. The molecule has 5 atom stereocenters. The molecule has 290 valence electrons. The molecule has 3 aliphatic heterocycles. The van der Waals surface area contributed by atoms with Crippen molar-refractivity contribution in [2.45, 2.75) is 109 Å². The number of hydrogen-bond donors (Lipinski definition) is 3. The number of ether oxygens (including phenoxy) is 2. The number of anilines is 2. The van der Waals surface area contributed by atoms with Gasteiger partial charge in [0.2, 0.25) is 5.91 Å². The summed E-state index contributed by atoms with van der Waals surface area (Å²) in [5.41, 5.74) is 4.36. The minimum absolute atomic E-state index is 0.00991. The number of aliphatic hydroxyl groups excluding tert-OH is 1. The van der Waals surface area contributed by atoms with Gasteiger partial charge in [-0.15, -0.1) is 5.10 Å². The van der Waals surface area contributed by atoms with Gasteiger partial charge in [-0.1, -0.05) is 65.8 Å². The molecular formula is C42H58N6O5Si. The first-order chi connectivity index (χ1) is 25.9.